The van der Waals surface area contributed by atoms with Crippen LogP contribution >= 0.6 is 23.2 Å². The minimum atomic E-state index is -0.407. The maximum atomic E-state index is 11.7. The van der Waals surface area contributed by atoms with Crippen molar-refractivity contribution in [2.75, 3.05) is 26.2 Å². The zero-order valence-electron chi connectivity index (χ0n) is 10.4. The molecule has 0 aliphatic carbocycles. The van der Waals surface area contributed by atoms with Crippen molar-refractivity contribution in [1.29, 1.82) is 0 Å². The SMILES string of the molecule is CC(Cl)NC(=O)N1CCN(C(=O)NC(C)Cl)CC1. The van der Waals surface area contributed by atoms with Crippen molar-refractivity contribution >= 4 is 35.3 Å². The summed E-state index contributed by atoms with van der Waals surface area (Å²) in [6.07, 6.45) is 0. The fraction of sp³-hybridized carbons (Fsp3) is 0.800. The van der Waals surface area contributed by atoms with Gasteiger partial charge in [0.25, 0.3) is 0 Å². The highest BCUT2D eigenvalue weighted by molar-refractivity contribution is 6.21. The molecule has 0 spiro atoms. The monoisotopic (exact) mass is 296 g/mol. The van der Waals surface area contributed by atoms with Crippen molar-refractivity contribution in [3.63, 3.8) is 0 Å². The van der Waals surface area contributed by atoms with Gasteiger partial charge in [0.1, 0.15) is 11.0 Å². The first-order valence-corrected chi connectivity index (χ1v) is 6.66. The minimum absolute atomic E-state index is 0.205. The first-order chi connectivity index (χ1) is 8.40. The molecule has 8 heteroatoms. The maximum absolute atomic E-state index is 11.7. The molecule has 1 aliphatic rings. The number of piperazine rings is 1. The van der Waals surface area contributed by atoms with Crippen LogP contribution in [0.4, 0.5) is 9.59 Å². The minimum Gasteiger partial charge on any atom is -0.322 e. The van der Waals surface area contributed by atoms with Crippen LogP contribution in [-0.4, -0.2) is 59.0 Å². The smallest absolute Gasteiger partial charge is 0.318 e. The molecule has 104 valence electrons. The summed E-state index contributed by atoms with van der Waals surface area (Å²) in [5.74, 6) is 0. The molecule has 1 saturated heterocycles. The van der Waals surface area contributed by atoms with Gasteiger partial charge in [0.15, 0.2) is 0 Å². The van der Waals surface area contributed by atoms with Gasteiger partial charge in [-0.25, -0.2) is 9.59 Å². The Labute approximate surface area is 117 Å². The number of hydrogen-bond donors (Lipinski definition) is 2. The molecule has 1 aliphatic heterocycles. The Hall–Kier alpha value is -0.880. The van der Waals surface area contributed by atoms with Crippen LogP contribution in [0, 0.1) is 0 Å². The van der Waals surface area contributed by atoms with E-state index in [2.05, 4.69) is 10.6 Å². The lowest BCUT2D eigenvalue weighted by Crippen LogP contribution is -2.56. The van der Waals surface area contributed by atoms with Gasteiger partial charge in [-0.3, -0.25) is 0 Å². The summed E-state index contributed by atoms with van der Waals surface area (Å²) >= 11 is 11.4. The van der Waals surface area contributed by atoms with E-state index in [1.165, 1.54) is 0 Å². The lowest BCUT2D eigenvalue weighted by molar-refractivity contribution is 0.142. The van der Waals surface area contributed by atoms with Gasteiger partial charge in [0.05, 0.1) is 0 Å². The Morgan fingerprint density at radius 3 is 1.39 bits per heavy atom. The first kappa shape index (κ1) is 15.2. The van der Waals surface area contributed by atoms with E-state index in [0.717, 1.165) is 0 Å². The van der Waals surface area contributed by atoms with Crippen molar-refractivity contribution < 1.29 is 9.59 Å². The summed E-state index contributed by atoms with van der Waals surface area (Å²) in [6, 6.07) is -0.411. The number of halogens is 2. The molecule has 2 atom stereocenters. The number of hydrogen-bond acceptors (Lipinski definition) is 2. The average molecular weight is 297 g/mol. The first-order valence-electron chi connectivity index (χ1n) is 5.79. The van der Waals surface area contributed by atoms with Crippen LogP contribution < -0.4 is 10.6 Å². The predicted octanol–water partition coefficient (Wildman–Crippen LogP) is 1.19. The van der Waals surface area contributed by atoms with Crippen LogP contribution in [0.1, 0.15) is 13.8 Å². The van der Waals surface area contributed by atoms with Gasteiger partial charge in [0.2, 0.25) is 0 Å². The van der Waals surface area contributed by atoms with Crippen molar-refractivity contribution in [3.8, 4) is 0 Å². The van der Waals surface area contributed by atoms with Crippen LogP contribution in [0.15, 0.2) is 0 Å². The van der Waals surface area contributed by atoms with Gasteiger partial charge in [-0.2, -0.15) is 0 Å². The number of amides is 4. The molecule has 0 saturated carbocycles. The Morgan fingerprint density at radius 2 is 1.17 bits per heavy atom. The van der Waals surface area contributed by atoms with E-state index < -0.39 is 11.0 Å². The van der Waals surface area contributed by atoms with Crippen LogP contribution in [0.25, 0.3) is 0 Å². The summed E-state index contributed by atoms with van der Waals surface area (Å²) in [6.45, 7) is 5.31. The molecule has 2 unspecified atom stereocenters. The lowest BCUT2D eigenvalue weighted by Gasteiger charge is -2.35. The van der Waals surface area contributed by atoms with Gasteiger partial charge in [-0.1, -0.05) is 23.2 Å². The van der Waals surface area contributed by atoms with E-state index in [1.54, 1.807) is 23.6 Å². The Bertz CT molecular complexity index is 274. The highest BCUT2D eigenvalue weighted by Crippen LogP contribution is 2.04. The molecular formula is C10H18Cl2N4O2. The largest absolute Gasteiger partial charge is 0.322 e. The molecule has 0 radical (unpaired) electrons. The highest BCUT2D eigenvalue weighted by Gasteiger charge is 2.24. The number of urea groups is 2. The summed E-state index contributed by atoms with van der Waals surface area (Å²) in [5, 5.41) is 5.20. The van der Waals surface area contributed by atoms with E-state index in [9.17, 15) is 9.59 Å². The highest BCUT2D eigenvalue weighted by atomic mass is 35.5. The van der Waals surface area contributed by atoms with E-state index in [4.69, 9.17) is 23.2 Å². The predicted molar refractivity (Wildman–Crippen MR) is 70.8 cm³/mol. The second kappa shape index (κ2) is 6.89. The zero-order valence-corrected chi connectivity index (χ0v) is 12.0. The topological polar surface area (TPSA) is 64.7 Å². The Morgan fingerprint density at radius 1 is 0.889 bits per heavy atom. The molecule has 1 heterocycles. The number of rotatable bonds is 2. The van der Waals surface area contributed by atoms with Gasteiger partial charge in [-0.15, -0.1) is 0 Å². The van der Waals surface area contributed by atoms with Crippen LogP contribution in [0.5, 0.6) is 0 Å². The fourth-order valence-corrected chi connectivity index (χ4v) is 1.82. The lowest BCUT2D eigenvalue weighted by atomic mass is 10.3. The molecule has 1 rings (SSSR count). The van der Waals surface area contributed by atoms with E-state index in [0.29, 0.717) is 26.2 Å². The zero-order chi connectivity index (χ0) is 13.7. The molecule has 18 heavy (non-hydrogen) atoms. The molecule has 4 amide bonds. The van der Waals surface area contributed by atoms with E-state index in [1.807, 2.05) is 0 Å². The molecule has 0 bridgehead atoms. The standard InChI is InChI=1S/C10H18Cl2N4O2/c1-7(11)13-9(17)15-3-5-16(6-4-15)10(18)14-8(2)12/h7-8H,3-6H2,1-2H3,(H,13,17)(H,14,18). The number of nitrogens with zero attached hydrogens (tertiary/aromatic N) is 2. The van der Waals surface area contributed by atoms with Gasteiger partial charge in [0, 0.05) is 26.2 Å². The normalized spacial score (nSPS) is 19.1. The summed E-state index contributed by atoms with van der Waals surface area (Å²) < 4.78 is 0. The fourth-order valence-electron chi connectivity index (χ4n) is 1.64. The average Bonchev–Trinajstić information content (AvgIpc) is 2.27. The van der Waals surface area contributed by atoms with E-state index >= 15 is 0 Å². The molecular weight excluding hydrogens is 279 g/mol. The van der Waals surface area contributed by atoms with Crippen molar-refractivity contribution in [2.45, 2.75) is 24.8 Å². The molecule has 1 fully saturated rings. The number of alkyl halides is 2. The third-order valence-corrected chi connectivity index (χ3v) is 2.72. The second-order valence-electron chi connectivity index (χ2n) is 4.11. The summed E-state index contributed by atoms with van der Waals surface area (Å²) in [5.41, 5.74) is -0.813. The van der Waals surface area contributed by atoms with E-state index in [-0.39, 0.29) is 12.1 Å². The maximum Gasteiger partial charge on any atom is 0.318 e. The van der Waals surface area contributed by atoms with Gasteiger partial charge >= 0.3 is 12.1 Å². The van der Waals surface area contributed by atoms with Crippen molar-refractivity contribution in [1.82, 2.24) is 20.4 Å². The van der Waals surface area contributed by atoms with Crippen LogP contribution in [-0.2, 0) is 0 Å². The van der Waals surface area contributed by atoms with Crippen molar-refractivity contribution in [3.05, 3.63) is 0 Å². The third-order valence-electron chi connectivity index (χ3n) is 2.50. The van der Waals surface area contributed by atoms with Gasteiger partial charge < -0.3 is 20.4 Å². The number of carbonyl (C=O) groups is 2. The van der Waals surface area contributed by atoms with Crippen LogP contribution in [0.3, 0.4) is 0 Å². The number of nitrogens with one attached hydrogen (secondary N) is 2. The molecule has 2 N–H and O–H groups in total. The Kier molecular flexibility index (Phi) is 5.81. The molecule has 0 aromatic rings. The molecule has 0 aromatic carbocycles. The van der Waals surface area contributed by atoms with Crippen LogP contribution in [0.2, 0.25) is 0 Å². The quantitative estimate of drug-likeness (QED) is 0.594. The second-order valence-corrected chi connectivity index (χ2v) is 5.41. The number of carbonyl (C=O) groups excluding carboxylic acids is 2. The Balaban J connectivity index is 2.36. The third kappa shape index (κ3) is 4.78. The van der Waals surface area contributed by atoms with Crippen molar-refractivity contribution in [2.24, 2.45) is 0 Å². The molecule has 6 nitrogen and oxygen atoms in total. The summed E-state index contributed by atoms with van der Waals surface area (Å²) in [4.78, 5) is 26.6. The molecule has 0 aromatic heterocycles. The summed E-state index contributed by atoms with van der Waals surface area (Å²) in [7, 11) is 0. The van der Waals surface area contributed by atoms with Gasteiger partial charge in [-0.05, 0) is 13.8 Å².